The Hall–Kier alpha value is -1.41. The van der Waals surface area contributed by atoms with Crippen molar-refractivity contribution in [3.05, 3.63) is 47.8 Å². The number of hydrogen-bond acceptors (Lipinski definition) is 1. The van der Waals surface area contributed by atoms with E-state index in [1.807, 2.05) is 18.2 Å². The van der Waals surface area contributed by atoms with Crippen molar-refractivity contribution in [2.24, 2.45) is 5.92 Å². The molecule has 0 bridgehead atoms. The SMILES string of the molecule is OC(CC1CCCC1)c1ccc(F)c2ccccc12. The van der Waals surface area contributed by atoms with E-state index in [2.05, 4.69) is 0 Å². The predicted molar refractivity (Wildman–Crippen MR) is 75.4 cm³/mol. The van der Waals surface area contributed by atoms with E-state index >= 15 is 0 Å². The second-order valence-electron chi connectivity index (χ2n) is 5.58. The Bertz CT molecular complexity index is 572. The van der Waals surface area contributed by atoms with Gasteiger partial charge in [0.2, 0.25) is 0 Å². The minimum Gasteiger partial charge on any atom is -0.388 e. The number of halogens is 1. The fraction of sp³-hybridized carbons (Fsp3) is 0.412. The molecule has 1 aliphatic carbocycles. The van der Waals surface area contributed by atoms with Gasteiger partial charge in [-0.15, -0.1) is 0 Å². The Balaban J connectivity index is 1.93. The van der Waals surface area contributed by atoms with Crippen molar-refractivity contribution in [1.82, 2.24) is 0 Å². The first-order chi connectivity index (χ1) is 9.25. The van der Waals surface area contributed by atoms with E-state index in [0.29, 0.717) is 11.3 Å². The predicted octanol–water partition coefficient (Wildman–Crippen LogP) is 4.59. The zero-order valence-corrected chi connectivity index (χ0v) is 11.0. The highest BCUT2D eigenvalue weighted by Gasteiger charge is 2.21. The Kier molecular flexibility index (Phi) is 3.52. The molecule has 0 saturated heterocycles. The van der Waals surface area contributed by atoms with Crippen molar-refractivity contribution in [3.8, 4) is 0 Å². The first kappa shape index (κ1) is 12.6. The molecule has 1 N–H and O–H groups in total. The first-order valence-corrected chi connectivity index (χ1v) is 7.11. The fourth-order valence-corrected chi connectivity index (χ4v) is 3.26. The van der Waals surface area contributed by atoms with E-state index in [1.165, 1.54) is 31.7 Å². The van der Waals surface area contributed by atoms with Crippen molar-refractivity contribution in [3.63, 3.8) is 0 Å². The van der Waals surface area contributed by atoms with Crippen LogP contribution in [0.2, 0.25) is 0 Å². The van der Waals surface area contributed by atoms with Gasteiger partial charge in [0, 0.05) is 5.39 Å². The van der Waals surface area contributed by atoms with Crippen LogP contribution in [0.3, 0.4) is 0 Å². The van der Waals surface area contributed by atoms with Crippen LogP contribution in [-0.4, -0.2) is 5.11 Å². The van der Waals surface area contributed by atoms with E-state index in [4.69, 9.17) is 0 Å². The van der Waals surface area contributed by atoms with Gasteiger partial charge in [0.05, 0.1) is 6.10 Å². The van der Waals surface area contributed by atoms with Crippen LogP contribution in [0.25, 0.3) is 10.8 Å². The largest absolute Gasteiger partial charge is 0.388 e. The summed E-state index contributed by atoms with van der Waals surface area (Å²) >= 11 is 0. The molecule has 2 aromatic carbocycles. The van der Waals surface area contributed by atoms with Crippen LogP contribution in [0.4, 0.5) is 4.39 Å². The maximum Gasteiger partial charge on any atom is 0.131 e. The molecule has 19 heavy (non-hydrogen) atoms. The molecule has 1 saturated carbocycles. The topological polar surface area (TPSA) is 20.2 Å². The van der Waals surface area contributed by atoms with Gasteiger partial charge in [0.1, 0.15) is 5.82 Å². The molecule has 0 heterocycles. The molecule has 1 unspecified atom stereocenters. The zero-order valence-electron chi connectivity index (χ0n) is 11.0. The van der Waals surface area contributed by atoms with Gasteiger partial charge in [-0.1, -0.05) is 56.0 Å². The van der Waals surface area contributed by atoms with Crippen molar-refractivity contribution in [2.75, 3.05) is 0 Å². The Labute approximate surface area is 113 Å². The van der Waals surface area contributed by atoms with Gasteiger partial charge < -0.3 is 5.11 Å². The lowest BCUT2D eigenvalue weighted by atomic mass is 9.92. The number of benzene rings is 2. The summed E-state index contributed by atoms with van der Waals surface area (Å²) in [6.45, 7) is 0. The standard InChI is InChI=1S/C17H19FO/c18-16-10-9-15(13-7-3-4-8-14(13)16)17(19)11-12-5-1-2-6-12/h3-4,7-10,12,17,19H,1-2,5-6,11H2. The van der Waals surface area contributed by atoms with Crippen LogP contribution in [0.1, 0.15) is 43.8 Å². The second kappa shape index (κ2) is 5.30. The molecule has 100 valence electrons. The summed E-state index contributed by atoms with van der Waals surface area (Å²) in [5, 5.41) is 11.9. The van der Waals surface area contributed by atoms with Crippen molar-refractivity contribution < 1.29 is 9.50 Å². The highest BCUT2D eigenvalue weighted by Crippen LogP contribution is 2.35. The van der Waals surface area contributed by atoms with Gasteiger partial charge in [0.25, 0.3) is 0 Å². The summed E-state index contributed by atoms with van der Waals surface area (Å²) in [6.07, 6.45) is 5.32. The number of hydrogen-bond donors (Lipinski definition) is 1. The molecule has 0 aromatic heterocycles. The maximum atomic E-state index is 13.8. The zero-order chi connectivity index (χ0) is 13.2. The molecule has 1 fully saturated rings. The van der Waals surface area contributed by atoms with Crippen molar-refractivity contribution in [2.45, 2.75) is 38.2 Å². The van der Waals surface area contributed by atoms with Gasteiger partial charge in [-0.3, -0.25) is 0 Å². The number of aliphatic hydroxyl groups excluding tert-OH is 1. The van der Waals surface area contributed by atoms with Gasteiger partial charge in [0.15, 0.2) is 0 Å². The highest BCUT2D eigenvalue weighted by molar-refractivity contribution is 5.86. The lowest BCUT2D eigenvalue weighted by Gasteiger charge is -2.17. The van der Waals surface area contributed by atoms with Crippen LogP contribution < -0.4 is 0 Å². The monoisotopic (exact) mass is 258 g/mol. The van der Waals surface area contributed by atoms with Gasteiger partial charge >= 0.3 is 0 Å². The molecule has 0 spiro atoms. The third-order valence-electron chi connectivity index (χ3n) is 4.29. The molecule has 1 aliphatic rings. The van der Waals surface area contributed by atoms with E-state index in [0.717, 1.165) is 17.4 Å². The molecule has 2 aromatic rings. The minimum atomic E-state index is -0.478. The Morgan fingerprint density at radius 2 is 1.74 bits per heavy atom. The van der Waals surface area contributed by atoms with Crippen molar-refractivity contribution in [1.29, 1.82) is 0 Å². The molecule has 3 rings (SSSR count). The van der Waals surface area contributed by atoms with E-state index in [1.54, 1.807) is 12.1 Å². The van der Waals surface area contributed by atoms with Gasteiger partial charge in [-0.25, -0.2) is 4.39 Å². The smallest absolute Gasteiger partial charge is 0.131 e. The molecular formula is C17H19FO. The molecular weight excluding hydrogens is 239 g/mol. The van der Waals surface area contributed by atoms with Crippen LogP contribution >= 0.6 is 0 Å². The molecule has 0 aliphatic heterocycles. The Morgan fingerprint density at radius 1 is 1.05 bits per heavy atom. The minimum absolute atomic E-state index is 0.215. The molecule has 1 nitrogen and oxygen atoms in total. The van der Waals surface area contributed by atoms with Gasteiger partial charge in [-0.2, -0.15) is 0 Å². The van der Waals surface area contributed by atoms with Crippen molar-refractivity contribution >= 4 is 10.8 Å². The third kappa shape index (κ3) is 2.50. The van der Waals surface area contributed by atoms with E-state index in [-0.39, 0.29) is 5.82 Å². The summed E-state index contributed by atoms with van der Waals surface area (Å²) in [5.41, 5.74) is 0.865. The number of rotatable bonds is 3. The summed E-state index contributed by atoms with van der Waals surface area (Å²) < 4.78 is 13.8. The average Bonchev–Trinajstić information content (AvgIpc) is 2.92. The lowest BCUT2D eigenvalue weighted by molar-refractivity contribution is 0.146. The average molecular weight is 258 g/mol. The van der Waals surface area contributed by atoms with Gasteiger partial charge in [-0.05, 0) is 29.4 Å². The third-order valence-corrected chi connectivity index (χ3v) is 4.29. The number of fused-ring (bicyclic) bond motifs is 1. The summed E-state index contributed by atoms with van der Waals surface area (Å²) in [6, 6.07) is 10.6. The Morgan fingerprint density at radius 3 is 2.47 bits per heavy atom. The normalized spacial score (nSPS) is 18.0. The molecule has 1 atom stereocenters. The lowest BCUT2D eigenvalue weighted by Crippen LogP contribution is -2.05. The summed E-state index contributed by atoms with van der Waals surface area (Å²) in [4.78, 5) is 0. The molecule has 2 heteroatoms. The van der Waals surface area contributed by atoms with Crippen LogP contribution in [0.15, 0.2) is 36.4 Å². The van der Waals surface area contributed by atoms with Crippen LogP contribution in [0, 0.1) is 11.7 Å². The van der Waals surface area contributed by atoms with Crippen LogP contribution in [-0.2, 0) is 0 Å². The van der Waals surface area contributed by atoms with Crippen LogP contribution in [0.5, 0.6) is 0 Å². The molecule has 0 amide bonds. The van der Waals surface area contributed by atoms with E-state index < -0.39 is 6.10 Å². The van der Waals surface area contributed by atoms with E-state index in [9.17, 15) is 9.50 Å². The first-order valence-electron chi connectivity index (χ1n) is 7.11. The molecule has 0 radical (unpaired) electrons. The highest BCUT2D eigenvalue weighted by atomic mass is 19.1. The summed E-state index contributed by atoms with van der Waals surface area (Å²) in [7, 11) is 0. The maximum absolute atomic E-state index is 13.8. The number of aliphatic hydroxyl groups is 1. The quantitative estimate of drug-likeness (QED) is 0.853. The fourth-order valence-electron chi connectivity index (χ4n) is 3.26. The second-order valence-corrected chi connectivity index (χ2v) is 5.58. The summed E-state index contributed by atoms with van der Waals surface area (Å²) in [5.74, 6) is 0.409.